The Labute approximate surface area is 87.9 Å². The van der Waals surface area contributed by atoms with Gasteiger partial charge in [0.05, 0.1) is 19.6 Å². The molecule has 0 aromatic carbocycles. The van der Waals surface area contributed by atoms with Gasteiger partial charge in [-0.2, -0.15) is 0 Å². The number of quaternary nitrogens is 1. The Hall–Kier alpha value is -1.04. The SMILES string of the molecule is C=CC[NH+](CC=C)CC=C.F[B-](F)(F)F. The van der Waals surface area contributed by atoms with Gasteiger partial charge < -0.3 is 22.2 Å². The number of hydrogen-bond donors (Lipinski definition) is 1. The minimum absolute atomic E-state index is 0.984. The molecule has 0 unspecified atom stereocenters. The fraction of sp³-hybridized carbons (Fsp3) is 0.333. The first-order valence-electron chi connectivity index (χ1n) is 4.38. The van der Waals surface area contributed by atoms with Gasteiger partial charge in [-0.05, 0) is 18.2 Å². The van der Waals surface area contributed by atoms with E-state index in [2.05, 4.69) is 19.7 Å². The van der Waals surface area contributed by atoms with Crippen molar-refractivity contribution in [2.75, 3.05) is 19.6 Å². The smallest absolute Gasteiger partial charge is 0.418 e. The molecule has 0 amide bonds. The molecule has 0 saturated carbocycles. The van der Waals surface area contributed by atoms with E-state index in [0.717, 1.165) is 19.6 Å². The standard InChI is InChI=1S/C9H15N.BF4/c1-4-7-10(8-5-2)9-6-3;2-1(3,4)5/h4-6H,1-3,7-9H2;/q;-1/p+1. The van der Waals surface area contributed by atoms with Gasteiger partial charge in [-0.25, -0.2) is 0 Å². The summed E-state index contributed by atoms with van der Waals surface area (Å²) < 4.78 is 39.0. The van der Waals surface area contributed by atoms with Gasteiger partial charge in [0.2, 0.25) is 0 Å². The zero-order chi connectivity index (χ0) is 12.3. The number of halogens is 4. The third-order valence-electron chi connectivity index (χ3n) is 1.30. The lowest BCUT2D eigenvalue weighted by Crippen LogP contribution is -3.11. The minimum atomic E-state index is -6.00. The summed E-state index contributed by atoms with van der Waals surface area (Å²) in [4.78, 5) is 1.43. The number of rotatable bonds is 6. The largest absolute Gasteiger partial charge is 0.673 e. The second-order valence-electron chi connectivity index (χ2n) is 2.72. The Morgan fingerprint density at radius 2 is 1.00 bits per heavy atom. The van der Waals surface area contributed by atoms with Crippen LogP contribution in [0.1, 0.15) is 0 Å². The van der Waals surface area contributed by atoms with Crippen molar-refractivity contribution >= 4 is 7.25 Å². The molecule has 0 aliphatic heterocycles. The van der Waals surface area contributed by atoms with Gasteiger partial charge in [0.15, 0.2) is 0 Å². The van der Waals surface area contributed by atoms with Crippen molar-refractivity contribution in [3.05, 3.63) is 38.0 Å². The van der Waals surface area contributed by atoms with Gasteiger partial charge in [-0.3, -0.25) is 0 Å². The van der Waals surface area contributed by atoms with Crippen LogP contribution in [0.5, 0.6) is 0 Å². The molecule has 0 saturated heterocycles. The van der Waals surface area contributed by atoms with E-state index >= 15 is 0 Å². The molecule has 0 spiro atoms. The second-order valence-corrected chi connectivity index (χ2v) is 2.72. The molecule has 0 rings (SSSR count). The molecule has 0 heterocycles. The minimum Gasteiger partial charge on any atom is -0.418 e. The molecule has 1 N–H and O–H groups in total. The highest BCUT2D eigenvalue weighted by molar-refractivity contribution is 6.50. The molecule has 0 radical (unpaired) electrons. The maximum absolute atomic E-state index is 9.75. The normalized spacial score (nSPS) is 10.2. The van der Waals surface area contributed by atoms with E-state index in [9.17, 15) is 17.3 Å². The zero-order valence-corrected chi connectivity index (χ0v) is 8.56. The first-order chi connectivity index (χ1) is 6.85. The van der Waals surface area contributed by atoms with Gasteiger partial charge in [0.25, 0.3) is 0 Å². The third kappa shape index (κ3) is 24.6. The molecule has 15 heavy (non-hydrogen) atoms. The quantitative estimate of drug-likeness (QED) is 0.399. The second kappa shape index (κ2) is 9.52. The molecule has 1 nitrogen and oxygen atoms in total. The van der Waals surface area contributed by atoms with Crippen molar-refractivity contribution in [2.45, 2.75) is 0 Å². The van der Waals surface area contributed by atoms with Crippen LogP contribution in [0.4, 0.5) is 17.3 Å². The Balaban J connectivity index is 0. The molecular formula is C9H16BF4N. The van der Waals surface area contributed by atoms with E-state index in [1.807, 2.05) is 18.2 Å². The summed E-state index contributed by atoms with van der Waals surface area (Å²) in [5.74, 6) is 0. The lowest BCUT2D eigenvalue weighted by Gasteiger charge is -2.12. The summed E-state index contributed by atoms with van der Waals surface area (Å²) >= 11 is 0. The Morgan fingerprint density at radius 3 is 1.13 bits per heavy atom. The maximum atomic E-state index is 9.75. The molecule has 0 bridgehead atoms. The van der Waals surface area contributed by atoms with Crippen LogP contribution in [0.2, 0.25) is 0 Å². The summed E-state index contributed by atoms with van der Waals surface area (Å²) in [5, 5.41) is 0. The third-order valence-corrected chi connectivity index (χ3v) is 1.30. The van der Waals surface area contributed by atoms with Crippen molar-refractivity contribution in [2.24, 2.45) is 0 Å². The summed E-state index contributed by atoms with van der Waals surface area (Å²) in [6, 6.07) is 0. The van der Waals surface area contributed by atoms with Gasteiger partial charge in [0, 0.05) is 0 Å². The number of hydrogen-bond acceptors (Lipinski definition) is 0. The van der Waals surface area contributed by atoms with E-state index in [4.69, 9.17) is 0 Å². The first kappa shape index (κ1) is 16.4. The molecular weight excluding hydrogens is 209 g/mol. The van der Waals surface area contributed by atoms with E-state index in [-0.39, 0.29) is 0 Å². The molecule has 0 atom stereocenters. The average Bonchev–Trinajstić information content (AvgIpc) is 2.02. The zero-order valence-electron chi connectivity index (χ0n) is 8.56. The Bertz CT molecular complexity index is 161. The topological polar surface area (TPSA) is 4.44 Å². The van der Waals surface area contributed by atoms with E-state index in [0.29, 0.717) is 0 Å². The van der Waals surface area contributed by atoms with Crippen LogP contribution in [-0.4, -0.2) is 26.9 Å². The predicted molar refractivity (Wildman–Crippen MR) is 56.3 cm³/mol. The van der Waals surface area contributed by atoms with Crippen molar-refractivity contribution in [1.82, 2.24) is 0 Å². The van der Waals surface area contributed by atoms with Crippen molar-refractivity contribution < 1.29 is 22.2 Å². The summed E-state index contributed by atoms with van der Waals surface area (Å²) in [7, 11) is -6.00. The molecule has 0 fully saturated rings. The van der Waals surface area contributed by atoms with Crippen LogP contribution < -0.4 is 4.90 Å². The fourth-order valence-electron chi connectivity index (χ4n) is 0.862. The molecule has 88 valence electrons. The van der Waals surface area contributed by atoms with Crippen molar-refractivity contribution in [3.8, 4) is 0 Å². The highest BCUT2D eigenvalue weighted by Gasteiger charge is 2.20. The monoisotopic (exact) mass is 225 g/mol. The molecule has 0 aromatic rings. The van der Waals surface area contributed by atoms with E-state index in [1.165, 1.54) is 4.90 Å². The lowest BCUT2D eigenvalue weighted by atomic mass is 10.3. The van der Waals surface area contributed by atoms with Gasteiger partial charge in [-0.15, -0.1) is 0 Å². The van der Waals surface area contributed by atoms with E-state index < -0.39 is 7.25 Å². The average molecular weight is 225 g/mol. The summed E-state index contributed by atoms with van der Waals surface area (Å²) in [5.41, 5.74) is 0. The van der Waals surface area contributed by atoms with Crippen LogP contribution in [0.3, 0.4) is 0 Å². The van der Waals surface area contributed by atoms with Gasteiger partial charge in [-0.1, -0.05) is 19.7 Å². The van der Waals surface area contributed by atoms with Crippen LogP contribution in [0, 0.1) is 0 Å². The lowest BCUT2D eigenvalue weighted by molar-refractivity contribution is -0.881. The molecule has 0 aliphatic carbocycles. The van der Waals surface area contributed by atoms with Crippen LogP contribution in [0.25, 0.3) is 0 Å². The highest BCUT2D eigenvalue weighted by atomic mass is 19.5. The predicted octanol–water partition coefficient (Wildman–Crippen LogP) is 1.73. The summed E-state index contributed by atoms with van der Waals surface area (Å²) in [6.07, 6.45) is 5.76. The maximum Gasteiger partial charge on any atom is 0.673 e. The Kier molecular flexibility index (Phi) is 10.4. The van der Waals surface area contributed by atoms with Crippen molar-refractivity contribution in [3.63, 3.8) is 0 Å². The van der Waals surface area contributed by atoms with Crippen LogP contribution >= 0.6 is 0 Å². The highest BCUT2D eigenvalue weighted by Crippen LogP contribution is 2.06. The number of nitrogens with one attached hydrogen (secondary N) is 1. The van der Waals surface area contributed by atoms with Gasteiger partial charge >= 0.3 is 7.25 Å². The van der Waals surface area contributed by atoms with Crippen LogP contribution in [0.15, 0.2) is 38.0 Å². The van der Waals surface area contributed by atoms with Crippen LogP contribution in [-0.2, 0) is 0 Å². The van der Waals surface area contributed by atoms with Crippen molar-refractivity contribution in [1.29, 1.82) is 0 Å². The van der Waals surface area contributed by atoms with E-state index in [1.54, 1.807) is 0 Å². The van der Waals surface area contributed by atoms with Gasteiger partial charge in [0.1, 0.15) is 0 Å². The summed E-state index contributed by atoms with van der Waals surface area (Å²) in [6.45, 7) is 14.0. The molecule has 0 aliphatic rings. The molecule has 0 aromatic heterocycles. The fourth-order valence-corrected chi connectivity index (χ4v) is 0.862. The Morgan fingerprint density at radius 1 is 0.800 bits per heavy atom. The molecule has 6 heteroatoms. The first-order valence-corrected chi connectivity index (χ1v) is 4.38.